The summed E-state index contributed by atoms with van der Waals surface area (Å²) in [5.41, 5.74) is 1.03. The summed E-state index contributed by atoms with van der Waals surface area (Å²) in [6.45, 7) is 2.53. The van der Waals surface area contributed by atoms with E-state index in [0.29, 0.717) is 26.0 Å². The van der Waals surface area contributed by atoms with Crippen molar-refractivity contribution in [3.8, 4) is 5.75 Å². The highest BCUT2D eigenvalue weighted by molar-refractivity contribution is 5.85. The minimum atomic E-state index is -0.226. The highest BCUT2D eigenvalue weighted by Gasteiger charge is 2.24. The van der Waals surface area contributed by atoms with Crippen LogP contribution in [0, 0.1) is 5.92 Å². The Bertz CT molecular complexity index is 503. The number of halogens is 1. The zero-order chi connectivity index (χ0) is 15.8. The molecule has 0 aliphatic carbocycles. The Labute approximate surface area is 142 Å². The molecule has 1 saturated heterocycles. The molecule has 1 amide bonds. The van der Waals surface area contributed by atoms with Crippen LogP contribution >= 0.6 is 12.4 Å². The third-order valence-corrected chi connectivity index (χ3v) is 3.56. The number of hydrogen-bond acceptors (Lipinski definition) is 5. The molecule has 1 fully saturated rings. The van der Waals surface area contributed by atoms with Crippen LogP contribution < -0.4 is 15.4 Å². The molecule has 0 unspecified atom stereocenters. The maximum atomic E-state index is 11.7. The summed E-state index contributed by atoms with van der Waals surface area (Å²) in [5, 5.41) is 6.00. The van der Waals surface area contributed by atoms with Gasteiger partial charge in [-0.2, -0.15) is 0 Å². The van der Waals surface area contributed by atoms with E-state index in [1.54, 1.807) is 0 Å². The van der Waals surface area contributed by atoms with Crippen LogP contribution in [0.15, 0.2) is 24.3 Å². The minimum absolute atomic E-state index is 0. The first-order valence-corrected chi connectivity index (χ1v) is 7.46. The van der Waals surface area contributed by atoms with Gasteiger partial charge in [0.15, 0.2) is 0 Å². The Kier molecular flexibility index (Phi) is 8.43. The Hall–Kier alpha value is -1.79. The molecular weight excluding hydrogens is 320 g/mol. The molecule has 0 radical (unpaired) electrons. The van der Waals surface area contributed by atoms with Crippen LogP contribution in [0.4, 0.5) is 0 Å². The molecule has 0 saturated carbocycles. The van der Waals surface area contributed by atoms with Crippen molar-refractivity contribution in [3.63, 3.8) is 0 Å². The Morgan fingerprint density at radius 3 is 2.52 bits per heavy atom. The molecule has 23 heavy (non-hydrogen) atoms. The summed E-state index contributed by atoms with van der Waals surface area (Å²) >= 11 is 0. The van der Waals surface area contributed by atoms with Gasteiger partial charge in [-0.05, 0) is 24.1 Å². The smallest absolute Gasteiger partial charge is 0.305 e. The summed E-state index contributed by atoms with van der Waals surface area (Å²) in [4.78, 5) is 22.7. The van der Waals surface area contributed by atoms with Crippen molar-refractivity contribution in [3.05, 3.63) is 29.8 Å². The minimum Gasteiger partial charge on any atom is -0.494 e. The average Bonchev–Trinajstić information content (AvgIpc) is 2.48. The topological polar surface area (TPSA) is 76.7 Å². The molecule has 128 valence electrons. The van der Waals surface area contributed by atoms with E-state index in [9.17, 15) is 9.59 Å². The Balaban J connectivity index is 0.00000264. The third kappa shape index (κ3) is 6.46. The number of amides is 1. The van der Waals surface area contributed by atoms with E-state index in [1.165, 1.54) is 7.11 Å². The summed E-state index contributed by atoms with van der Waals surface area (Å²) in [7, 11) is 1.38. The van der Waals surface area contributed by atoms with Crippen LogP contribution in [0.1, 0.15) is 18.4 Å². The second-order valence-corrected chi connectivity index (χ2v) is 5.25. The number of benzene rings is 1. The summed E-state index contributed by atoms with van der Waals surface area (Å²) in [5.74, 6) is 0.735. The number of ether oxygens (including phenoxy) is 2. The molecular formula is C16H23ClN2O4. The van der Waals surface area contributed by atoms with Crippen molar-refractivity contribution in [2.45, 2.75) is 19.4 Å². The van der Waals surface area contributed by atoms with Gasteiger partial charge >= 0.3 is 5.97 Å². The van der Waals surface area contributed by atoms with Crippen molar-refractivity contribution < 1.29 is 19.1 Å². The Morgan fingerprint density at radius 2 is 1.96 bits per heavy atom. The van der Waals surface area contributed by atoms with Crippen LogP contribution in [-0.4, -0.2) is 38.7 Å². The molecule has 0 aromatic heterocycles. The first-order valence-electron chi connectivity index (χ1n) is 7.46. The van der Waals surface area contributed by atoms with Crippen molar-refractivity contribution in [1.82, 2.24) is 10.6 Å². The molecule has 1 aromatic carbocycles. The lowest BCUT2D eigenvalue weighted by Crippen LogP contribution is -2.50. The molecule has 1 aliphatic rings. The van der Waals surface area contributed by atoms with Gasteiger partial charge in [-0.3, -0.25) is 9.59 Å². The molecule has 2 N–H and O–H groups in total. The predicted octanol–water partition coefficient (Wildman–Crippen LogP) is 1.28. The lowest BCUT2D eigenvalue weighted by Gasteiger charge is -2.25. The van der Waals surface area contributed by atoms with Gasteiger partial charge in [-0.25, -0.2) is 0 Å². The van der Waals surface area contributed by atoms with E-state index >= 15 is 0 Å². The van der Waals surface area contributed by atoms with Gasteiger partial charge in [-0.15, -0.1) is 12.4 Å². The molecule has 1 aliphatic heterocycles. The lowest BCUT2D eigenvalue weighted by molar-refractivity contribution is -0.140. The van der Waals surface area contributed by atoms with Gasteiger partial charge < -0.3 is 20.1 Å². The van der Waals surface area contributed by atoms with Gasteiger partial charge in [0.25, 0.3) is 0 Å². The quantitative estimate of drug-likeness (QED) is 0.549. The van der Waals surface area contributed by atoms with Crippen LogP contribution in [-0.2, 0) is 20.9 Å². The SMILES string of the molecule is COC(=O)CCCOc1ccc(CNC(=O)C2CNC2)cc1.Cl. The van der Waals surface area contributed by atoms with Gasteiger partial charge in [0.2, 0.25) is 5.91 Å². The fourth-order valence-electron chi connectivity index (χ4n) is 2.02. The summed E-state index contributed by atoms with van der Waals surface area (Å²) < 4.78 is 10.1. The third-order valence-electron chi connectivity index (χ3n) is 3.56. The van der Waals surface area contributed by atoms with E-state index in [2.05, 4.69) is 15.4 Å². The Morgan fingerprint density at radius 1 is 1.26 bits per heavy atom. The van der Waals surface area contributed by atoms with Crippen LogP contribution in [0.25, 0.3) is 0 Å². The van der Waals surface area contributed by atoms with E-state index in [0.717, 1.165) is 24.4 Å². The van der Waals surface area contributed by atoms with Crippen LogP contribution in [0.2, 0.25) is 0 Å². The average molecular weight is 343 g/mol. The van der Waals surface area contributed by atoms with Crippen LogP contribution in [0.3, 0.4) is 0 Å². The van der Waals surface area contributed by atoms with Crippen molar-refractivity contribution in [2.75, 3.05) is 26.8 Å². The second kappa shape index (κ2) is 10.1. The molecule has 6 nitrogen and oxygen atoms in total. The highest BCUT2D eigenvalue weighted by atomic mass is 35.5. The lowest BCUT2D eigenvalue weighted by atomic mass is 10.0. The maximum Gasteiger partial charge on any atom is 0.305 e. The maximum absolute atomic E-state index is 11.7. The van der Waals surface area contributed by atoms with Gasteiger partial charge in [0.1, 0.15) is 5.75 Å². The van der Waals surface area contributed by atoms with Gasteiger partial charge in [0, 0.05) is 26.1 Å². The monoisotopic (exact) mass is 342 g/mol. The number of carbonyl (C=O) groups excluding carboxylic acids is 2. The van der Waals surface area contributed by atoms with Crippen molar-refractivity contribution in [2.24, 2.45) is 5.92 Å². The number of methoxy groups -OCH3 is 1. The van der Waals surface area contributed by atoms with Gasteiger partial charge in [0.05, 0.1) is 19.6 Å². The predicted molar refractivity (Wildman–Crippen MR) is 88.6 cm³/mol. The fraction of sp³-hybridized carbons (Fsp3) is 0.500. The number of hydrogen-bond donors (Lipinski definition) is 2. The molecule has 0 atom stereocenters. The van der Waals surface area contributed by atoms with E-state index in [4.69, 9.17) is 4.74 Å². The second-order valence-electron chi connectivity index (χ2n) is 5.25. The number of esters is 1. The summed E-state index contributed by atoms with van der Waals surface area (Å²) in [6.07, 6.45) is 0.983. The fourth-order valence-corrected chi connectivity index (χ4v) is 2.02. The van der Waals surface area contributed by atoms with Crippen molar-refractivity contribution in [1.29, 1.82) is 0 Å². The summed E-state index contributed by atoms with van der Waals surface area (Å²) in [6, 6.07) is 7.58. The van der Waals surface area contributed by atoms with Crippen LogP contribution in [0.5, 0.6) is 5.75 Å². The molecule has 0 bridgehead atoms. The van der Waals surface area contributed by atoms with E-state index in [1.807, 2.05) is 24.3 Å². The first kappa shape index (κ1) is 19.3. The molecule has 7 heteroatoms. The molecule has 2 rings (SSSR count). The standard InChI is InChI=1S/C16H22N2O4.ClH/c1-21-15(19)3-2-8-22-14-6-4-12(5-7-14)9-18-16(20)13-10-17-11-13;/h4-7,13,17H,2-3,8-11H2,1H3,(H,18,20);1H. The van der Waals surface area contributed by atoms with E-state index in [-0.39, 0.29) is 30.2 Å². The van der Waals surface area contributed by atoms with Crippen molar-refractivity contribution >= 4 is 24.3 Å². The zero-order valence-corrected chi connectivity index (χ0v) is 14.0. The number of rotatable bonds is 8. The number of carbonyl (C=O) groups is 2. The normalized spacial score (nSPS) is 13.4. The zero-order valence-electron chi connectivity index (χ0n) is 13.2. The first-order chi connectivity index (χ1) is 10.7. The molecule has 1 aromatic rings. The van der Waals surface area contributed by atoms with Gasteiger partial charge in [-0.1, -0.05) is 12.1 Å². The number of nitrogens with one attached hydrogen (secondary N) is 2. The highest BCUT2D eigenvalue weighted by Crippen LogP contribution is 2.13. The largest absolute Gasteiger partial charge is 0.494 e. The molecule has 1 heterocycles. The van der Waals surface area contributed by atoms with E-state index < -0.39 is 0 Å². The molecule has 0 spiro atoms.